The lowest BCUT2D eigenvalue weighted by molar-refractivity contribution is 0.0930. The molecule has 0 aliphatic carbocycles. The number of methoxy groups -OCH3 is 1. The molecule has 0 bridgehead atoms. The van der Waals surface area contributed by atoms with Gasteiger partial charge in [-0.15, -0.1) is 0 Å². The van der Waals surface area contributed by atoms with Crippen LogP contribution in [0.3, 0.4) is 0 Å². The molecule has 0 aliphatic rings. The maximum atomic E-state index is 13.1. The molecule has 0 radical (unpaired) electrons. The summed E-state index contributed by atoms with van der Waals surface area (Å²) < 4.78 is 32.8. The Balaban J connectivity index is 3.18. The molecular formula is C11H19F2N3O. The van der Waals surface area contributed by atoms with Crippen molar-refractivity contribution >= 4 is 0 Å². The molecular weight excluding hydrogens is 228 g/mol. The number of halogens is 2. The minimum absolute atomic E-state index is 0.00815. The average molecular weight is 247 g/mol. The van der Waals surface area contributed by atoms with Crippen LogP contribution in [0.1, 0.15) is 38.5 Å². The van der Waals surface area contributed by atoms with Crippen molar-refractivity contribution in [3.05, 3.63) is 11.9 Å². The SMILES string of the molecule is CCNC(c1c(OC)cnn1C(C)C)C(F)F. The molecule has 1 heterocycles. The topological polar surface area (TPSA) is 39.1 Å². The first-order chi connectivity index (χ1) is 8.02. The van der Waals surface area contributed by atoms with E-state index in [4.69, 9.17) is 4.74 Å². The summed E-state index contributed by atoms with van der Waals surface area (Å²) in [5, 5.41) is 6.85. The van der Waals surface area contributed by atoms with Crippen molar-refractivity contribution in [2.45, 2.75) is 39.3 Å². The van der Waals surface area contributed by atoms with Crippen molar-refractivity contribution in [1.82, 2.24) is 15.1 Å². The fourth-order valence-corrected chi connectivity index (χ4v) is 1.75. The Labute approximate surface area is 100.0 Å². The van der Waals surface area contributed by atoms with Crippen LogP contribution >= 0.6 is 0 Å². The number of nitrogens with zero attached hydrogens (tertiary/aromatic N) is 2. The van der Waals surface area contributed by atoms with Gasteiger partial charge in [0.15, 0.2) is 5.75 Å². The standard InChI is InChI=1S/C11H19F2N3O/c1-5-14-9(11(12)13)10-8(17-4)6-15-16(10)7(2)3/h6-7,9,11,14H,5H2,1-4H3. The molecule has 0 amide bonds. The van der Waals surface area contributed by atoms with Crippen LogP contribution < -0.4 is 10.1 Å². The first-order valence-corrected chi connectivity index (χ1v) is 5.65. The van der Waals surface area contributed by atoms with Gasteiger partial charge >= 0.3 is 0 Å². The molecule has 6 heteroatoms. The van der Waals surface area contributed by atoms with E-state index >= 15 is 0 Å². The summed E-state index contributed by atoms with van der Waals surface area (Å²) in [4.78, 5) is 0. The van der Waals surface area contributed by atoms with Gasteiger partial charge in [-0.05, 0) is 20.4 Å². The molecule has 0 aliphatic heterocycles. The summed E-state index contributed by atoms with van der Waals surface area (Å²) in [6.07, 6.45) is -1.03. The molecule has 4 nitrogen and oxygen atoms in total. The summed E-state index contributed by atoms with van der Waals surface area (Å²) in [5.74, 6) is 0.393. The van der Waals surface area contributed by atoms with Gasteiger partial charge in [-0.3, -0.25) is 4.68 Å². The van der Waals surface area contributed by atoms with Crippen LogP contribution in [0, 0.1) is 0 Å². The molecule has 1 rings (SSSR count). The Hall–Kier alpha value is -1.17. The molecule has 0 saturated heterocycles. The van der Waals surface area contributed by atoms with Gasteiger partial charge < -0.3 is 10.1 Å². The van der Waals surface area contributed by atoms with Gasteiger partial charge in [0.1, 0.15) is 11.7 Å². The summed E-state index contributed by atoms with van der Waals surface area (Å²) in [6.45, 7) is 6.04. The first-order valence-electron chi connectivity index (χ1n) is 5.65. The van der Waals surface area contributed by atoms with Gasteiger partial charge in [-0.2, -0.15) is 5.10 Å². The van der Waals surface area contributed by atoms with Gasteiger partial charge in [-0.1, -0.05) is 6.92 Å². The van der Waals surface area contributed by atoms with Gasteiger partial charge in [0.2, 0.25) is 0 Å². The third-order valence-electron chi connectivity index (χ3n) is 2.48. The molecule has 0 aromatic carbocycles. The quantitative estimate of drug-likeness (QED) is 0.839. The zero-order valence-corrected chi connectivity index (χ0v) is 10.6. The highest BCUT2D eigenvalue weighted by atomic mass is 19.3. The zero-order chi connectivity index (χ0) is 13.0. The molecule has 1 N–H and O–H groups in total. The van der Waals surface area contributed by atoms with Crippen molar-refractivity contribution < 1.29 is 13.5 Å². The minimum Gasteiger partial charge on any atom is -0.493 e. The molecule has 17 heavy (non-hydrogen) atoms. The predicted molar refractivity (Wildman–Crippen MR) is 61.6 cm³/mol. The Bertz CT molecular complexity index is 352. The number of aromatic nitrogens is 2. The number of hydrogen-bond donors (Lipinski definition) is 1. The lowest BCUT2D eigenvalue weighted by Crippen LogP contribution is -2.30. The Kier molecular flexibility index (Phi) is 4.86. The summed E-state index contributed by atoms with van der Waals surface area (Å²) >= 11 is 0. The molecule has 1 aromatic heterocycles. The Morgan fingerprint density at radius 2 is 2.12 bits per heavy atom. The Morgan fingerprint density at radius 3 is 2.53 bits per heavy atom. The molecule has 1 aromatic rings. The van der Waals surface area contributed by atoms with Crippen molar-refractivity contribution in [3.8, 4) is 5.75 Å². The van der Waals surface area contributed by atoms with Gasteiger partial charge in [0, 0.05) is 6.04 Å². The van der Waals surface area contributed by atoms with E-state index < -0.39 is 12.5 Å². The van der Waals surface area contributed by atoms with Crippen LogP contribution in [0.25, 0.3) is 0 Å². The zero-order valence-electron chi connectivity index (χ0n) is 10.6. The summed E-state index contributed by atoms with van der Waals surface area (Å²) in [5.41, 5.74) is 0.402. The monoisotopic (exact) mass is 247 g/mol. The van der Waals surface area contributed by atoms with Crippen molar-refractivity contribution in [2.75, 3.05) is 13.7 Å². The van der Waals surface area contributed by atoms with Crippen LogP contribution in [0.5, 0.6) is 5.75 Å². The normalized spacial score (nSPS) is 13.4. The largest absolute Gasteiger partial charge is 0.493 e. The van der Waals surface area contributed by atoms with E-state index in [1.54, 1.807) is 11.6 Å². The van der Waals surface area contributed by atoms with E-state index in [0.29, 0.717) is 18.0 Å². The van der Waals surface area contributed by atoms with Gasteiger partial charge in [0.25, 0.3) is 6.43 Å². The summed E-state index contributed by atoms with van der Waals surface area (Å²) in [7, 11) is 1.46. The average Bonchev–Trinajstić information content (AvgIpc) is 2.68. The third kappa shape index (κ3) is 2.94. The number of alkyl halides is 2. The van der Waals surface area contributed by atoms with Crippen LogP contribution in [0.15, 0.2) is 6.20 Å². The fraction of sp³-hybridized carbons (Fsp3) is 0.727. The molecule has 0 spiro atoms. The van der Waals surface area contributed by atoms with Crippen LogP contribution in [0.2, 0.25) is 0 Å². The Morgan fingerprint density at radius 1 is 1.47 bits per heavy atom. The lowest BCUT2D eigenvalue weighted by Gasteiger charge is -2.21. The number of hydrogen-bond acceptors (Lipinski definition) is 3. The van der Waals surface area contributed by atoms with E-state index in [2.05, 4.69) is 10.4 Å². The van der Waals surface area contributed by atoms with Gasteiger partial charge in [-0.25, -0.2) is 8.78 Å². The minimum atomic E-state index is -2.50. The molecule has 0 fully saturated rings. The highest BCUT2D eigenvalue weighted by Crippen LogP contribution is 2.31. The lowest BCUT2D eigenvalue weighted by atomic mass is 10.2. The highest BCUT2D eigenvalue weighted by Gasteiger charge is 2.29. The summed E-state index contributed by atoms with van der Waals surface area (Å²) in [6, 6.07) is -1.05. The van der Waals surface area contributed by atoms with Crippen LogP contribution in [-0.2, 0) is 0 Å². The van der Waals surface area contributed by atoms with E-state index in [9.17, 15) is 8.78 Å². The maximum Gasteiger partial charge on any atom is 0.259 e. The van der Waals surface area contributed by atoms with E-state index in [0.717, 1.165) is 0 Å². The van der Waals surface area contributed by atoms with E-state index in [-0.39, 0.29) is 6.04 Å². The van der Waals surface area contributed by atoms with Crippen molar-refractivity contribution in [2.24, 2.45) is 0 Å². The molecule has 1 unspecified atom stereocenters. The third-order valence-corrected chi connectivity index (χ3v) is 2.48. The van der Waals surface area contributed by atoms with Crippen molar-refractivity contribution in [1.29, 1.82) is 0 Å². The first kappa shape index (κ1) is 13.9. The number of nitrogens with one attached hydrogen (secondary N) is 1. The van der Waals surface area contributed by atoms with Crippen LogP contribution in [-0.4, -0.2) is 29.9 Å². The predicted octanol–water partition coefficient (Wildman–Crippen LogP) is 2.39. The van der Waals surface area contributed by atoms with E-state index in [1.807, 2.05) is 13.8 Å². The second-order valence-electron chi connectivity index (χ2n) is 4.01. The molecule has 0 saturated carbocycles. The second-order valence-corrected chi connectivity index (χ2v) is 4.01. The van der Waals surface area contributed by atoms with Crippen LogP contribution in [0.4, 0.5) is 8.78 Å². The fourth-order valence-electron chi connectivity index (χ4n) is 1.75. The molecule has 1 atom stereocenters. The highest BCUT2D eigenvalue weighted by molar-refractivity contribution is 5.29. The molecule has 98 valence electrons. The van der Waals surface area contributed by atoms with Gasteiger partial charge in [0.05, 0.1) is 13.3 Å². The number of rotatable bonds is 6. The second kappa shape index (κ2) is 5.95. The van der Waals surface area contributed by atoms with E-state index in [1.165, 1.54) is 13.3 Å². The smallest absolute Gasteiger partial charge is 0.259 e. The van der Waals surface area contributed by atoms with Crippen molar-refractivity contribution in [3.63, 3.8) is 0 Å². The maximum absolute atomic E-state index is 13.1. The number of ether oxygens (including phenoxy) is 1.